The number of amides is 2. The maximum atomic E-state index is 12.1. The van der Waals surface area contributed by atoms with Crippen LogP contribution in [0, 0.1) is 5.92 Å². The summed E-state index contributed by atoms with van der Waals surface area (Å²) in [5, 5.41) is 8.60. The molecule has 5 N–H and O–H groups in total. The van der Waals surface area contributed by atoms with Crippen molar-refractivity contribution in [3.8, 4) is 0 Å². The minimum absolute atomic E-state index is 0.0366. The Balaban J connectivity index is 4.41. The Hall–Kier alpha value is -1.14. The van der Waals surface area contributed by atoms with Crippen LogP contribution in [0.1, 0.15) is 41.0 Å². The summed E-state index contributed by atoms with van der Waals surface area (Å²) in [7, 11) is 0. The lowest BCUT2D eigenvalue weighted by Crippen LogP contribution is -2.54. The molecule has 6 heteroatoms. The molecule has 0 bridgehead atoms. The zero-order valence-electron chi connectivity index (χ0n) is 13.3. The first kappa shape index (κ1) is 18.9. The van der Waals surface area contributed by atoms with Crippen LogP contribution in [0.15, 0.2) is 0 Å². The quantitative estimate of drug-likeness (QED) is 0.479. The van der Waals surface area contributed by atoms with Gasteiger partial charge < -0.3 is 21.7 Å². The van der Waals surface area contributed by atoms with Crippen molar-refractivity contribution in [3.63, 3.8) is 0 Å². The molecule has 0 aromatic heterocycles. The Labute approximate surface area is 122 Å². The van der Waals surface area contributed by atoms with Gasteiger partial charge in [0.15, 0.2) is 0 Å². The van der Waals surface area contributed by atoms with Gasteiger partial charge in [0, 0.05) is 19.1 Å². The summed E-state index contributed by atoms with van der Waals surface area (Å²) in [6.07, 6.45) is 0.856. The molecule has 2 amide bonds. The van der Waals surface area contributed by atoms with Gasteiger partial charge in [-0.15, -0.1) is 0 Å². The van der Waals surface area contributed by atoms with Gasteiger partial charge in [-0.25, -0.2) is 0 Å². The molecular formula is C14H30N4O2. The number of nitrogens with one attached hydrogen (secondary N) is 3. The Morgan fingerprint density at radius 2 is 1.70 bits per heavy atom. The van der Waals surface area contributed by atoms with Gasteiger partial charge in [-0.1, -0.05) is 20.8 Å². The fourth-order valence-corrected chi connectivity index (χ4v) is 1.66. The second kappa shape index (κ2) is 9.72. The highest BCUT2D eigenvalue weighted by Crippen LogP contribution is 2.02. The van der Waals surface area contributed by atoms with Crippen molar-refractivity contribution in [2.75, 3.05) is 13.1 Å². The highest BCUT2D eigenvalue weighted by atomic mass is 16.2. The zero-order valence-corrected chi connectivity index (χ0v) is 13.3. The molecule has 0 spiro atoms. The van der Waals surface area contributed by atoms with E-state index in [1.54, 1.807) is 6.92 Å². The lowest BCUT2D eigenvalue weighted by atomic mass is 10.0. The second-order valence-corrected chi connectivity index (χ2v) is 5.42. The summed E-state index contributed by atoms with van der Waals surface area (Å²) >= 11 is 0. The van der Waals surface area contributed by atoms with E-state index < -0.39 is 6.04 Å². The SMILES string of the molecule is CCNC(=O)[C@@H](NC(=O)[C@H](C)NCC(N)CC)C(C)C. The second-order valence-electron chi connectivity index (χ2n) is 5.42. The predicted octanol–water partition coefficient (Wildman–Crippen LogP) is -0.0213. The van der Waals surface area contributed by atoms with E-state index in [-0.39, 0.29) is 29.8 Å². The van der Waals surface area contributed by atoms with Crippen molar-refractivity contribution in [1.29, 1.82) is 0 Å². The summed E-state index contributed by atoms with van der Waals surface area (Å²) in [6.45, 7) is 10.6. The first-order valence-electron chi connectivity index (χ1n) is 7.40. The fourth-order valence-electron chi connectivity index (χ4n) is 1.66. The maximum absolute atomic E-state index is 12.1. The number of hydrogen-bond donors (Lipinski definition) is 4. The third kappa shape index (κ3) is 6.86. The molecule has 0 saturated heterocycles. The monoisotopic (exact) mass is 286 g/mol. The molecule has 118 valence electrons. The highest BCUT2D eigenvalue weighted by Gasteiger charge is 2.25. The summed E-state index contributed by atoms with van der Waals surface area (Å²) in [5.74, 6) is -0.290. The van der Waals surface area contributed by atoms with Crippen LogP contribution in [-0.4, -0.2) is 43.0 Å². The van der Waals surface area contributed by atoms with Crippen molar-refractivity contribution >= 4 is 11.8 Å². The molecule has 0 aromatic rings. The summed E-state index contributed by atoms with van der Waals surface area (Å²) in [4.78, 5) is 24.0. The molecular weight excluding hydrogens is 256 g/mol. The minimum Gasteiger partial charge on any atom is -0.355 e. The van der Waals surface area contributed by atoms with E-state index in [9.17, 15) is 9.59 Å². The Bertz CT molecular complexity index is 308. The van der Waals surface area contributed by atoms with Crippen LogP contribution in [0.3, 0.4) is 0 Å². The average Bonchev–Trinajstić information content (AvgIpc) is 2.40. The lowest BCUT2D eigenvalue weighted by molar-refractivity contribution is -0.130. The van der Waals surface area contributed by atoms with Crippen molar-refractivity contribution < 1.29 is 9.59 Å². The van der Waals surface area contributed by atoms with Gasteiger partial charge in [0.25, 0.3) is 0 Å². The number of nitrogens with two attached hydrogens (primary N) is 1. The van der Waals surface area contributed by atoms with E-state index in [4.69, 9.17) is 5.73 Å². The average molecular weight is 286 g/mol. The molecule has 0 aliphatic heterocycles. The minimum atomic E-state index is -0.508. The van der Waals surface area contributed by atoms with Crippen LogP contribution in [0.4, 0.5) is 0 Å². The standard InChI is InChI=1S/C14H30N4O2/c1-6-11(15)8-17-10(5)13(19)18-12(9(3)4)14(20)16-7-2/h9-12,17H,6-8,15H2,1-5H3,(H,16,20)(H,18,19)/t10-,11?,12-/m0/s1. The van der Waals surface area contributed by atoms with E-state index in [0.717, 1.165) is 6.42 Å². The molecule has 0 saturated carbocycles. The van der Waals surface area contributed by atoms with Gasteiger partial charge in [-0.2, -0.15) is 0 Å². The highest BCUT2D eigenvalue weighted by molar-refractivity contribution is 5.89. The first-order chi connectivity index (χ1) is 9.33. The summed E-state index contributed by atoms with van der Waals surface area (Å²) < 4.78 is 0. The predicted molar refractivity (Wildman–Crippen MR) is 81.2 cm³/mol. The number of carbonyl (C=O) groups excluding carboxylic acids is 2. The van der Waals surface area contributed by atoms with Crippen LogP contribution in [0.5, 0.6) is 0 Å². The van der Waals surface area contributed by atoms with Crippen LogP contribution in [0.2, 0.25) is 0 Å². The molecule has 0 rings (SSSR count). The third-order valence-electron chi connectivity index (χ3n) is 3.20. The fraction of sp³-hybridized carbons (Fsp3) is 0.857. The molecule has 20 heavy (non-hydrogen) atoms. The molecule has 0 aromatic carbocycles. The first-order valence-corrected chi connectivity index (χ1v) is 7.40. The number of likely N-dealkylation sites (N-methyl/N-ethyl adjacent to an activating group) is 1. The van der Waals surface area contributed by atoms with Crippen molar-refractivity contribution in [2.45, 2.75) is 59.2 Å². The number of rotatable bonds is 9. The lowest BCUT2D eigenvalue weighted by Gasteiger charge is -2.24. The smallest absolute Gasteiger partial charge is 0.242 e. The molecule has 1 unspecified atom stereocenters. The number of hydrogen-bond acceptors (Lipinski definition) is 4. The van der Waals surface area contributed by atoms with Crippen LogP contribution in [0.25, 0.3) is 0 Å². The largest absolute Gasteiger partial charge is 0.355 e. The molecule has 0 radical (unpaired) electrons. The van der Waals surface area contributed by atoms with Crippen molar-refractivity contribution in [2.24, 2.45) is 11.7 Å². The molecule has 6 nitrogen and oxygen atoms in total. The Morgan fingerprint density at radius 3 is 2.15 bits per heavy atom. The topological polar surface area (TPSA) is 96.2 Å². The van der Waals surface area contributed by atoms with Gasteiger partial charge in [0.05, 0.1) is 6.04 Å². The Morgan fingerprint density at radius 1 is 1.10 bits per heavy atom. The van der Waals surface area contributed by atoms with Crippen molar-refractivity contribution in [1.82, 2.24) is 16.0 Å². The van der Waals surface area contributed by atoms with Gasteiger partial charge in [0.1, 0.15) is 6.04 Å². The van der Waals surface area contributed by atoms with Gasteiger partial charge in [-0.3, -0.25) is 9.59 Å². The van der Waals surface area contributed by atoms with Crippen LogP contribution in [-0.2, 0) is 9.59 Å². The van der Waals surface area contributed by atoms with Crippen molar-refractivity contribution in [3.05, 3.63) is 0 Å². The summed E-state index contributed by atoms with van der Waals surface area (Å²) in [6, 6.07) is -0.843. The maximum Gasteiger partial charge on any atom is 0.242 e. The van der Waals surface area contributed by atoms with E-state index in [1.165, 1.54) is 0 Å². The van der Waals surface area contributed by atoms with Gasteiger partial charge in [0.2, 0.25) is 11.8 Å². The van der Waals surface area contributed by atoms with E-state index in [1.807, 2.05) is 27.7 Å². The molecule has 0 aliphatic carbocycles. The molecule has 0 fully saturated rings. The Kier molecular flexibility index (Phi) is 9.16. The van der Waals surface area contributed by atoms with Crippen LogP contribution >= 0.6 is 0 Å². The van der Waals surface area contributed by atoms with Gasteiger partial charge >= 0.3 is 0 Å². The molecule has 3 atom stereocenters. The van der Waals surface area contributed by atoms with E-state index in [0.29, 0.717) is 13.1 Å². The summed E-state index contributed by atoms with van der Waals surface area (Å²) in [5.41, 5.74) is 5.80. The zero-order chi connectivity index (χ0) is 15.7. The van der Waals surface area contributed by atoms with Crippen LogP contribution < -0.4 is 21.7 Å². The molecule has 0 aliphatic rings. The van der Waals surface area contributed by atoms with E-state index >= 15 is 0 Å². The molecule has 0 heterocycles. The van der Waals surface area contributed by atoms with Gasteiger partial charge in [-0.05, 0) is 26.2 Å². The normalized spacial score (nSPS) is 15.6. The third-order valence-corrected chi connectivity index (χ3v) is 3.20. The van der Waals surface area contributed by atoms with E-state index in [2.05, 4.69) is 16.0 Å². The number of carbonyl (C=O) groups is 2.